The highest BCUT2D eigenvalue weighted by atomic mass is 16.6. The fraction of sp³-hybridized carbons (Fsp3) is 0.278. The Balaban J connectivity index is 2.26. The Morgan fingerprint density at radius 2 is 1.67 bits per heavy atom. The molecule has 2 rings (SSSR count). The molecule has 0 aliphatic rings. The van der Waals surface area contributed by atoms with Crippen molar-refractivity contribution in [3.05, 3.63) is 59.9 Å². The van der Waals surface area contributed by atoms with Gasteiger partial charge in [-0.3, -0.25) is 9.88 Å². The first-order chi connectivity index (χ1) is 11.3. The maximum absolute atomic E-state index is 12.5. The molecule has 126 valence electrons. The summed E-state index contributed by atoms with van der Waals surface area (Å²) in [5.41, 5.74) is 1.03. The van der Waals surface area contributed by atoms with Gasteiger partial charge in [-0.15, -0.1) is 0 Å². The van der Waals surface area contributed by atoms with Gasteiger partial charge in [-0.1, -0.05) is 12.1 Å². The van der Waals surface area contributed by atoms with Crippen molar-refractivity contribution in [3.8, 4) is 0 Å². The number of rotatable bonds is 4. The molecule has 0 spiro atoms. The number of carbonyl (C=O) groups is 2. The van der Waals surface area contributed by atoms with Crippen LogP contribution in [0.4, 0.5) is 10.5 Å². The van der Waals surface area contributed by atoms with Crippen LogP contribution >= 0.6 is 0 Å². The molecule has 1 amide bonds. The number of anilines is 1. The first-order valence-corrected chi connectivity index (χ1v) is 7.49. The standard InChI is InChI=1S/C18H20N2O4/c1-18(2,3)24-17(23)20(15-8-10-19-11-9-15)12-13-4-6-14(7-5-13)16(21)22/h4-11H,12H2,1-3H3,(H,21,22). The van der Waals surface area contributed by atoms with E-state index in [0.29, 0.717) is 5.69 Å². The first-order valence-electron chi connectivity index (χ1n) is 7.49. The minimum atomic E-state index is -0.986. The van der Waals surface area contributed by atoms with E-state index in [1.54, 1.807) is 57.4 Å². The molecule has 0 atom stereocenters. The number of benzene rings is 1. The average molecular weight is 328 g/mol. The molecule has 0 aliphatic carbocycles. The summed E-state index contributed by atoms with van der Waals surface area (Å²) >= 11 is 0. The number of pyridine rings is 1. The van der Waals surface area contributed by atoms with Crippen molar-refractivity contribution in [3.63, 3.8) is 0 Å². The predicted octanol–water partition coefficient (Wildman–Crippen LogP) is 3.72. The maximum atomic E-state index is 12.5. The normalized spacial score (nSPS) is 11.0. The lowest BCUT2D eigenvalue weighted by Crippen LogP contribution is -2.36. The van der Waals surface area contributed by atoms with E-state index in [1.807, 2.05) is 0 Å². The Labute approximate surface area is 140 Å². The lowest BCUT2D eigenvalue weighted by molar-refractivity contribution is 0.0576. The van der Waals surface area contributed by atoms with Crippen molar-refractivity contribution >= 4 is 17.7 Å². The minimum absolute atomic E-state index is 0.200. The second kappa shape index (κ2) is 7.12. The number of carboxylic acid groups (broad SMARTS) is 1. The van der Waals surface area contributed by atoms with E-state index < -0.39 is 17.7 Å². The number of hydrogen-bond acceptors (Lipinski definition) is 4. The highest BCUT2D eigenvalue weighted by Crippen LogP contribution is 2.20. The molecule has 6 heteroatoms. The molecule has 1 heterocycles. The van der Waals surface area contributed by atoms with Crippen LogP contribution in [0, 0.1) is 0 Å². The number of amides is 1. The van der Waals surface area contributed by atoms with Gasteiger partial charge in [-0.05, 0) is 50.6 Å². The lowest BCUT2D eigenvalue weighted by atomic mass is 10.1. The minimum Gasteiger partial charge on any atom is -0.478 e. The molecule has 0 bridgehead atoms. The molecule has 1 aromatic heterocycles. The van der Waals surface area contributed by atoms with Crippen LogP contribution in [0.15, 0.2) is 48.8 Å². The SMILES string of the molecule is CC(C)(C)OC(=O)N(Cc1ccc(C(=O)O)cc1)c1ccncc1. The summed E-state index contributed by atoms with van der Waals surface area (Å²) in [7, 11) is 0. The van der Waals surface area contributed by atoms with Crippen LogP contribution in [0.3, 0.4) is 0 Å². The summed E-state index contributed by atoms with van der Waals surface area (Å²) in [6.45, 7) is 5.67. The van der Waals surface area contributed by atoms with Gasteiger partial charge in [0, 0.05) is 12.4 Å². The van der Waals surface area contributed by atoms with E-state index in [0.717, 1.165) is 5.56 Å². The first kappa shape index (κ1) is 17.5. The van der Waals surface area contributed by atoms with Crippen molar-refractivity contribution in [2.45, 2.75) is 32.9 Å². The molecule has 0 radical (unpaired) electrons. The Kier molecular flexibility index (Phi) is 5.18. The second-order valence-corrected chi connectivity index (χ2v) is 6.27. The third-order valence-electron chi connectivity index (χ3n) is 3.13. The summed E-state index contributed by atoms with van der Waals surface area (Å²) in [6, 6.07) is 9.82. The Morgan fingerprint density at radius 1 is 1.08 bits per heavy atom. The molecule has 0 aliphatic heterocycles. The number of carboxylic acids is 1. The average Bonchev–Trinajstić information content (AvgIpc) is 2.52. The summed E-state index contributed by atoms with van der Waals surface area (Å²) in [4.78, 5) is 28.9. The number of carbonyl (C=O) groups excluding carboxylic acids is 1. The largest absolute Gasteiger partial charge is 0.478 e. The third kappa shape index (κ3) is 4.81. The number of aromatic nitrogens is 1. The van der Waals surface area contributed by atoms with Crippen LogP contribution < -0.4 is 4.90 Å². The molecule has 0 fully saturated rings. The fourth-order valence-electron chi connectivity index (χ4n) is 2.04. The van der Waals surface area contributed by atoms with E-state index in [2.05, 4.69) is 4.98 Å². The molecular formula is C18H20N2O4. The van der Waals surface area contributed by atoms with Gasteiger partial charge in [0.1, 0.15) is 5.60 Å². The van der Waals surface area contributed by atoms with Gasteiger partial charge in [0.05, 0.1) is 17.8 Å². The Hall–Kier alpha value is -2.89. The zero-order chi connectivity index (χ0) is 17.7. The van der Waals surface area contributed by atoms with Gasteiger partial charge in [0.25, 0.3) is 0 Å². The monoisotopic (exact) mass is 328 g/mol. The Bertz CT molecular complexity index is 706. The zero-order valence-electron chi connectivity index (χ0n) is 13.9. The van der Waals surface area contributed by atoms with E-state index in [1.165, 1.54) is 17.0 Å². The zero-order valence-corrected chi connectivity index (χ0v) is 13.9. The molecule has 0 saturated heterocycles. The van der Waals surface area contributed by atoms with Crippen molar-refractivity contribution < 1.29 is 19.4 Å². The summed E-state index contributed by atoms with van der Waals surface area (Å²) < 4.78 is 5.46. The second-order valence-electron chi connectivity index (χ2n) is 6.27. The fourth-order valence-corrected chi connectivity index (χ4v) is 2.04. The van der Waals surface area contributed by atoms with Gasteiger partial charge in [0.2, 0.25) is 0 Å². The molecule has 6 nitrogen and oxygen atoms in total. The lowest BCUT2D eigenvalue weighted by Gasteiger charge is -2.27. The number of hydrogen-bond donors (Lipinski definition) is 1. The summed E-state index contributed by atoms with van der Waals surface area (Å²) in [5.74, 6) is -0.986. The molecule has 2 aromatic rings. The topological polar surface area (TPSA) is 79.7 Å². The molecular weight excluding hydrogens is 308 g/mol. The van der Waals surface area contributed by atoms with E-state index in [4.69, 9.17) is 9.84 Å². The van der Waals surface area contributed by atoms with Crippen LogP contribution in [0.5, 0.6) is 0 Å². The highest BCUT2D eigenvalue weighted by molar-refractivity contribution is 5.88. The van der Waals surface area contributed by atoms with Gasteiger partial charge < -0.3 is 9.84 Å². The number of ether oxygens (including phenoxy) is 1. The van der Waals surface area contributed by atoms with E-state index >= 15 is 0 Å². The quantitative estimate of drug-likeness (QED) is 0.925. The van der Waals surface area contributed by atoms with Gasteiger partial charge in [-0.25, -0.2) is 9.59 Å². The van der Waals surface area contributed by atoms with Crippen LogP contribution in [-0.2, 0) is 11.3 Å². The molecule has 24 heavy (non-hydrogen) atoms. The smallest absolute Gasteiger partial charge is 0.415 e. The van der Waals surface area contributed by atoms with E-state index in [-0.39, 0.29) is 12.1 Å². The Morgan fingerprint density at radius 3 is 2.17 bits per heavy atom. The van der Waals surface area contributed by atoms with Crippen LogP contribution in [0.2, 0.25) is 0 Å². The highest BCUT2D eigenvalue weighted by Gasteiger charge is 2.23. The third-order valence-corrected chi connectivity index (χ3v) is 3.13. The van der Waals surface area contributed by atoms with Crippen molar-refractivity contribution in [1.82, 2.24) is 4.98 Å². The van der Waals surface area contributed by atoms with Gasteiger partial charge in [0.15, 0.2) is 0 Å². The molecule has 1 N–H and O–H groups in total. The summed E-state index contributed by atoms with van der Waals surface area (Å²) in [6.07, 6.45) is 2.72. The number of nitrogens with zero attached hydrogens (tertiary/aromatic N) is 2. The summed E-state index contributed by atoms with van der Waals surface area (Å²) in [5, 5.41) is 8.96. The van der Waals surface area contributed by atoms with Crippen molar-refractivity contribution in [1.29, 1.82) is 0 Å². The predicted molar refractivity (Wildman–Crippen MR) is 90.1 cm³/mol. The van der Waals surface area contributed by atoms with Crippen molar-refractivity contribution in [2.75, 3.05) is 4.90 Å². The number of aromatic carboxylic acids is 1. The van der Waals surface area contributed by atoms with Crippen LogP contribution in [0.1, 0.15) is 36.7 Å². The van der Waals surface area contributed by atoms with Gasteiger partial charge in [-0.2, -0.15) is 0 Å². The van der Waals surface area contributed by atoms with E-state index in [9.17, 15) is 9.59 Å². The maximum Gasteiger partial charge on any atom is 0.415 e. The van der Waals surface area contributed by atoms with Crippen LogP contribution in [-0.4, -0.2) is 27.8 Å². The molecule has 1 aromatic carbocycles. The molecule has 0 unspecified atom stereocenters. The molecule has 0 saturated carbocycles. The van der Waals surface area contributed by atoms with Crippen LogP contribution in [0.25, 0.3) is 0 Å². The van der Waals surface area contributed by atoms with Crippen molar-refractivity contribution in [2.24, 2.45) is 0 Å². The van der Waals surface area contributed by atoms with Gasteiger partial charge >= 0.3 is 12.1 Å².